The van der Waals surface area contributed by atoms with E-state index in [4.69, 9.17) is 9.47 Å². The van der Waals surface area contributed by atoms with Crippen LogP contribution in [0.2, 0.25) is 0 Å². The lowest BCUT2D eigenvalue weighted by Gasteiger charge is -2.18. The van der Waals surface area contributed by atoms with Crippen LogP contribution in [-0.2, 0) is 14.3 Å². The first-order valence-corrected chi connectivity index (χ1v) is 11.0. The van der Waals surface area contributed by atoms with E-state index in [1.54, 1.807) is 7.11 Å². The number of carbonyl (C=O) groups is 4. The van der Waals surface area contributed by atoms with Crippen molar-refractivity contribution in [2.75, 3.05) is 26.9 Å². The van der Waals surface area contributed by atoms with Crippen molar-refractivity contribution in [2.24, 2.45) is 0 Å². The Morgan fingerprint density at radius 1 is 1.03 bits per heavy atom. The van der Waals surface area contributed by atoms with E-state index in [0.717, 1.165) is 23.3 Å². The highest BCUT2D eigenvalue weighted by atomic mass is 16.5. The average molecular weight is 453 g/mol. The first kappa shape index (κ1) is 24.1. The number of imide groups is 1. The minimum Gasteiger partial charge on any atom is -0.452 e. The lowest BCUT2D eigenvalue weighted by atomic mass is 10.0. The molecule has 1 heterocycles. The van der Waals surface area contributed by atoms with Crippen LogP contribution in [-0.4, -0.2) is 55.5 Å². The predicted molar refractivity (Wildman–Crippen MR) is 121 cm³/mol. The Balaban J connectivity index is 1.60. The molecule has 0 saturated heterocycles. The van der Waals surface area contributed by atoms with Crippen molar-refractivity contribution in [3.8, 4) is 0 Å². The van der Waals surface area contributed by atoms with E-state index in [2.05, 4.69) is 5.32 Å². The Morgan fingerprint density at radius 2 is 1.76 bits per heavy atom. The Morgan fingerprint density at radius 3 is 2.45 bits per heavy atom. The molecule has 3 amide bonds. The van der Waals surface area contributed by atoms with Crippen LogP contribution in [0.3, 0.4) is 0 Å². The summed E-state index contributed by atoms with van der Waals surface area (Å²) in [6.45, 7) is 2.25. The fourth-order valence-corrected chi connectivity index (χ4v) is 3.73. The van der Waals surface area contributed by atoms with Gasteiger partial charge in [-0.2, -0.15) is 0 Å². The fourth-order valence-electron chi connectivity index (χ4n) is 3.73. The highest BCUT2D eigenvalue weighted by Gasteiger charge is 2.35. The molecular formula is C25H28N2O6. The van der Waals surface area contributed by atoms with Gasteiger partial charge in [-0.25, -0.2) is 4.79 Å². The van der Waals surface area contributed by atoms with Gasteiger partial charge in [-0.05, 0) is 36.6 Å². The molecule has 1 N–H and O–H groups in total. The number of nitrogens with one attached hydrogen (secondary N) is 1. The smallest absolute Gasteiger partial charge is 0.338 e. The Labute approximate surface area is 192 Å². The number of amides is 3. The van der Waals surface area contributed by atoms with Crippen LogP contribution in [0, 0.1) is 0 Å². The second kappa shape index (κ2) is 11.4. The Kier molecular flexibility index (Phi) is 8.32. The second-order valence-corrected chi connectivity index (χ2v) is 7.76. The van der Waals surface area contributed by atoms with Crippen molar-refractivity contribution in [1.29, 1.82) is 0 Å². The van der Waals surface area contributed by atoms with Crippen LogP contribution in [0.5, 0.6) is 0 Å². The molecule has 0 fully saturated rings. The minimum atomic E-state index is -0.738. The van der Waals surface area contributed by atoms with Crippen LogP contribution in [0.1, 0.15) is 68.9 Å². The van der Waals surface area contributed by atoms with Gasteiger partial charge in [0.2, 0.25) is 0 Å². The van der Waals surface area contributed by atoms with E-state index >= 15 is 0 Å². The Hall–Kier alpha value is -3.52. The van der Waals surface area contributed by atoms with E-state index in [-0.39, 0.29) is 29.3 Å². The molecule has 0 aromatic heterocycles. The highest BCUT2D eigenvalue weighted by molar-refractivity contribution is 6.22. The minimum absolute atomic E-state index is 0.106. The number of rotatable bonds is 11. The van der Waals surface area contributed by atoms with Crippen LogP contribution in [0.15, 0.2) is 48.5 Å². The number of hydrogen-bond donors (Lipinski definition) is 1. The van der Waals surface area contributed by atoms with Gasteiger partial charge in [0.25, 0.3) is 17.7 Å². The molecule has 1 aliphatic rings. The summed E-state index contributed by atoms with van der Waals surface area (Å²) in [5, 5.41) is 2.89. The molecule has 174 valence electrons. The van der Waals surface area contributed by atoms with Gasteiger partial charge in [0.05, 0.1) is 22.7 Å². The maximum absolute atomic E-state index is 12.6. The number of esters is 1. The first-order valence-electron chi connectivity index (χ1n) is 11.0. The van der Waals surface area contributed by atoms with Gasteiger partial charge in [-0.15, -0.1) is 0 Å². The molecule has 2 aromatic carbocycles. The number of fused-ring (bicyclic) bond motifs is 1. The third-order valence-corrected chi connectivity index (χ3v) is 5.39. The van der Waals surface area contributed by atoms with Gasteiger partial charge in [0.1, 0.15) is 0 Å². The van der Waals surface area contributed by atoms with Crippen molar-refractivity contribution in [3.63, 3.8) is 0 Å². The summed E-state index contributed by atoms with van der Waals surface area (Å²) < 4.78 is 10.1. The maximum atomic E-state index is 12.6. The van der Waals surface area contributed by atoms with Gasteiger partial charge in [-0.1, -0.05) is 43.7 Å². The maximum Gasteiger partial charge on any atom is 0.338 e. The van der Waals surface area contributed by atoms with Gasteiger partial charge in [0.15, 0.2) is 6.61 Å². The standard InChI is InChI=1S/C25H28N2O6/c1-3-8-21(17-9-5-4-6-10-17)26-22(28)16-33-25(31)18-11-12-19-20(15-18)24(30)27(23(19)29)13-7-14-32-2/h4-6,9-12,15,21H,3,7-8,13-14,16H2,1-2H3,(H,26,28). The van der Waals surface area contributed by atoms with Crippen molar-refractivity contribution < 1.29 is 28.7 Å². The molecule has 8 nitrogen and oxygen atoms in total. The van der Waals surface area contributed by atoms with Gasteiger partial charge >= 0.3 is 5.97 Å². The molecule has 33 heavy (non-hydrogen) atoms. The molecule has 8 heteroatoms. The number of nitrogens with zero attached hydrogens (tertiary/aromatic N) is 1. The summed E-state index contributed by atoms with van der Waals surface area (Å²) in [7, 11) is 1.55. The van der Waals surface area contributed by atoms with Gasteiger partial charge in [-0.3, -0.25) is 19.3 Å². The van der Waals surface area contributed by atoms with Crippen LogP contribution in [0.4, 0.5) is 0 Å². The van der Waals surface area contributed by atoms with Crippen LogP contribution < -0.4 is 5.32 Å². The van der Waals surface area contributed by atoms with Gasteiger partial charge in [0, 0.05) is 20.3 Å². The topological polar surface area (TPSA) is 102 Å². The summed E-state index contributed by atoms with van der Waals surface area (Å²) in [6, 6.07) is 13.6. The molecule has 0 aliphatic carbocycles. The summed E-state index contributed by atoms with van der Waals surface area (Å²) in [6.07, 6.45) is 2.16. The molecule has 3 rings (SSSR count). The van der Waals surface area contributed by atoms with Crippen molar-refractivity contribution in [1.82, 2.24) is 10.2 Å². The molecule has 0 radical (unpaired) electrons. The van der Waals surface area contributed by atoms with Crippen LogP contribution >= 0.6 is 0 Å². The lowest BCUT2D eigenvalue weighted by Crippen LogP contribution is -2.32. The van der Waals surface area contributed by atoms with Crippen molar-refractivity contribution in [2.45, 2.75) is 32.2 Å². The van der Waals surface area contributed by atoms with E-state index in [0.29, 0.717) is 13.0 Å². The first-order chi connectivity index (χ1) is 16.0. The predicted octanol–water partition coefficient (Wildman–Crippen LogP) is 3.13. The largest absolute Gasteiger partial charge is 0.452 e. The molecule has 2 aromatic rings. The Bertz CT molecular complexity index is 1020. The number of ether oxygens (including phenoxy) is 2. The summed E-state index contributed by atoms with van der Waals surface area (Å²) in [4.78, 5) is 51.1. The summed E-state index contributed by atoms with van der Waals surface area (Å²) >= 11 is 0. The highest BCUT2D eigenvalue weighted by Crippen LogP contribution is 2.24. The normalized spacial score (nSPS) is 13.6. The van der Waals surface area contributed by atoms with E-state index in [9.17, 15) is 19.2 Å². The molecule has 1 unspecified atom stereocenters. The fraction of sp³-hybridized carbons (Fsp3) is 0.360. The molecule has 0 saturated carbocycles. The number of hydrogen-bond acceptors (Lipinski definition) is 6. The number of carbonyl (C=O) groups excluding carboxylic acids is 4. The molecule has 0 bridgehead atoms. The van der Waals surface area contributed by atoms with Crippen molar-refractivity contribution >= 4 is 23.7 Å². The third kappa shape index (κ3) is 5.84. The second-order valence-electron chi connectivity index (χ2n) is 7.76. The van der Waals surface area contributed by atoms with Gasteiger partial charge < -0.3 is 14.8 Å². The molecule has 0 spiro atoms. The monoisotopic (exact) mass is 452 g/mol. The lowest BCUT2D eigenvalue weighted by molar-refractivity contribution is -0.125. The molecular weight excluding hydrogens is 424 g/mol. The third-order valence-electron chi connectivity index (χ3n) is 5.39. The zero-order chi connectivity index (χ0) is 23.8. The molecule has 1 atom stereocenters. The zero-order valence-corrected chi connectivity index (χ0v) is 18.8. The summed E-state index contributed by atoms with van der Waals surface area (Å²) in [5.74, 6) is -2.00. The van der Waals surface area contributed by atoms with Crippen molar-refractivity contribution in [3.05, 3.63) is 70.8 Å². The number of methoxy groups -OCH3 is 1. The van der Waals surface area contributed by atoms with E-state index < -0.39 is 30.3 Å². The number of benzene rings is 2. The quantitative estimate of drug-likeness (QED) is 0.319. The zero-order valence-electron chi connectivity index (χ0n) is 18.8. The molecule has 1 aliphatic heterocycles. The summed E-state index contributed by atoms with van der Waals surface area (Å²) in [5.41, 5.74) is 1.49. The van der Waals surface area contributed by atoms with E-state index in [1.165, 1.54) is 18.2 Å². The SMILES string of the molecule is CCCC(NC(=O)COC(=O)c1ccc2c(c1)C(=O)N(CCCOC)C2=O)c1ccccc1. The average Bonchev–Trinajstić information content (AvgIpc) is 3.07. The van der Waals surface area contributed by atoms with Crippen LogP contribution in [0.25, 0.3) is 0 Å². The van der Waals surface area contributed by atoms with E-state index in [1.807, 2.05) is 37.3 Å².